The first-order valence-electron chi connectivity index (χ1n) is 9.72. The first-order chi connectivity index (χ1) is 14.9. The Morgan fingerprint density at radius 2 is 1.29 bits per heavy atom. The highest BCUT2D eigenvalue weighted by Crippen LogP contribution is 2.32. The first kappa shape index (κ1) is 21.9. The minimum atomic E-state index is -0.377. The summed E-state index contributed by atoms with van der Waals surface area (Å²) in [5.74, 6) is 0.754. The lowest BCUT2D eigenvalue weighted by Gasteiger charge is -2.16. The van der Waals surface area contributed by atoms with Gasteiger partial charge in [-0.15, -0.1) is 0 Å². The molecule has 6 nitrogen and oxygen atoms in total. The van der Waals surface area contributed by atoms with Crippen molar-refractivity contribution in [1.29, 1.82) is 0 Å². The molecule has 0 saturated heterocycles. The van der Waals surface area contributed by atoms with E-state index in [1.54, 1.807) is 31.4 Å². The molecule has 6 heteroatoms. The molecule has 31 heavy (non-hydrogen) atoms. The number of carbonyl (C=O) groups excluding carboxylic acids is 2. The van der Waals surface area contributed by atoms with E-state index in [0.717, 1.165) is 16.9 Å². The summed E-state index contributed by atoms with van der Waals surface area (Å²) in [5.41, 5.74) is 3.54. The Morgan fingerprint density at radius 1 is 0.742 bits per heavy atom. The number of methoxy groups -OCH3 is 3. The number of anilines is 1. The van der Waals surface area contributed by atoms with E-state index < -0.39 is 0 Å². The van der Waals surface area contributed by atoms with Crippen LogP contribution in [0.5, 0.6) is 17.2 Å². The fourth-order valence-electron chi connectivity index (χ4n) is 3.54. The highest BCUT2D eigenvalue weighted by atomic mass is 16.5. The smallest absolute Gasteiger partial charge is 0.259 e. The molecule has 0 aromatic heterocycles. The van der Waals surface area contributed by atoms with Gasteiger partial charge in [0.1, 0.15) is 17.2 Å². The molecule has 3 aromatic rings. The van der Waals surface area contributed by atoms with E-state index in [-0.39, 0.29) is 23.0 Å². The van der Waals surface area contributed by atoms with Crippen LogP contribution in [0.3, 0.4) is 0 Å². The molecular weight excluding hydrogens is 394 g/mol. The molecule has 160 valence electrons. The maximum Gasteiger partial charge on any atom is 0.259 e. The molecule has 0 aliphatic carbocycles. The molecule has 1 amide bonds. The highest BCUT2D eigenvalue weighted by Gasteiger charge is 2.22. The molecular formula is C25H25NO5. The summed E-state index contributed by atoms with van der Waals surface area (Å²) in [6.45, 7) is 3.82. The second-order valence-corrected chi connectivity index (χ2v) is 7.05. The fraction of sp³-hybridized carbons (Fsp3) is 0.200. The number of carbonyl (C=O) groups is 2. The lowest BCUT2D eigenvalue weighted by Crippen LogP contribution is -2.15. The fourth-order valence-corrected chi connectivity index (χ4v) is 3.54. The van der Waals surface area contributed by atoms with Crippen molar-refractivity contribution in [3.8, 4) is 17.2 Å². The van der Waals surface area contributed by atoms with Crippen LogP contribution in [0.4, 0.5) is 5.69 Å². The van der Waals surface area contributed by atoms with E-state index in [1.165, 1.54) is 26.4 Å². The minimum Gasteiger partial charge on any atom is -0.496 e. The summed E-state index contributed by atoms with van der Waals surface area (Å²) in [6, 6.07) is 15.6. The predicted molar refractivity (Wildman–Crippen MR) is 120 cm³/mol. The average molecular weight is 419 g/mol. The van der Waals surface area contributed by atoms with Crippen molar-refractivity contribution in [2.24, 2.45) is 0 Å². The molecule has 3 rings (SSSR count). The van der Waals surface area contributed by atoms with Gasteiger partial charge in [0.25, 0.3) is 5.91 Å². The summed E-state index contributed by atoms with van der Waals surface area (Å²) in [6.07, 6.45) is 0. The van der Waals surface area contributed by atoms with Gasteiger partial charge < -0.3 is 19.5 Å². The van der Waals surface area contributed by atoms with Crippen LogP contribution >= 0.6 is 0 Å². The summed E-state index contributed by atoms with van der Waals surface area (Å²) in [7, 11) is 4.53. The van der Waals surface area contributed by atoms with Crippen molar-refractivity contribution < 1.29 is 23.8 Å². The molecule has 3 aromatic carbocycles. The summed E-state index contributed by atoms with van der Waals surface area (Å²) < 4.78 is 16.2. The first-order valence-corrected chi connectivity index (χ1v) is 9.72. The Hall–Kier alpha value is -3.80. The molecule has 0 spiro atoms. The Labute approximate surface area is 181 Å². The van der Waals surface area contributed by atoms with E-state index in [1.807, 2.05) is 32.0 Å². The van der Waals surface area contributed by atoms with E-state index in [2.05, 4.69) is 5.32 Å². The van der Waals surface area contributed by atoms with Gasteiger partial charge in [0.05, 0.1) is 32.5 Å². The summed E-state index contributed by atoms with van der Waals surface area (Å²) in [4.78, 5) is 26.0. The van der Waals surface area contributed by atoms with Gasteiger partial charge in [0.2, 0.25) is 0 Å². The standard InChI is InChI=1S/C25H25NO5/c1-15-11-18(12-16(2)24(15)31-5)26-25(28)20-14-21(29-3)19(13-22(20)30-4)23(27)17-9-7-6-8-10-17/h6-14H,1-5H3,(H,26,28). The third-order valence-electron chi connectivity index (χ3n) is 4.97. The molecule has 0 unspecified atom stereocenters. The maximum absolute atomic E-state index is 13.0. The van der Waals surface area contributed by atoms with Crippen LogP contribution in [0, 0.1) is 13.8 Å². The SMILES string of the molecule is COc1cc(C(=O)c2ccccc2)c(OC)cc1C(=O)Nc1cc(C)c(OC)c(C)c1. The van der Waals surface area contributed by atoms with Crippen LogP contribution in [0.1, 0.15) is 37.4 Å². The van der Waals surface area contributed by atoms with Gasteiger partial charge in [0, 0.05) is 11.3 Å². The van der Waals surface area contributed by atoms with Gasteiger partial charge in [-0.05, 0) is 49.2 Å². The van der Waals surface area contributed by atoms with Crippen LogP contribution in [-0.2, 0) is 0 Å². The maximum atomic E-state index is 13.0. The third kappa shape index (κ3) is 4.53. The second kappa shape index (κ2) is 9.34. The van der Waals surface area contributed by atoms with Crippen molar-refractivity contribution in [2.75, 3.05) is 26.6 Å². The number of hydrogen-bond donors (Lipinski definition) is 1. The van der Waals surface area contributed by atoms with Gasteiger partial charge in [-0.1, -0.05) is 30.3 Å². The molecule has 0 aliphatic rings. The van der Waals surface area contributed by atoms with Crippen molar-refractivity contribution in [3.05, 3.63) is 82.4 Å². The van der Waals surface area contributed by atoms with E-state index in [9.17, 15) is 9.59 Å². The monoisotopic (exact) mass is 419 g/mol. The van der Waals surface area contributed by atoms with Crippen LogP contribution in [0.25, 0.3) is 0 Å². The van der Waals surface area contributed by atoms with Crippen LogP contribution < -0.4 is 19.5 Å². The number of rotatable bonds is 7. The number of aryl methyl sites for hydroxylation is 2. The van der Waals surface area contributed by atoms with E-state index in [0.29, 0.717) is 22.6 Å². The Kier molecular flexibility index (Phi) is 6.60. The molecule has 0 radical (unpaired) electrons. The Morgan fingerprint density at radius 3 is 1.84 bits per heavy atom. The van der Waals surface area contributed by atoms with Crippen LogP contribution in [0.15, 0.2) is 54.6 Å². The highest BCUT2D eigenvalue weighted by molar-refractivity contribution is 6.13. The lowest BCUT2D eigenvalue weighted by atomic mass is 9.99. The Balaban J connectivity index is 1.98. The molecule has 0 aliphatic heterocycles. The topological polar surface area (TPSA) is 73.9 Å². The molecule has 0 heterocycles. The molecule has 1 N–H and O–H groups in total. The molecule has 0 saturated carbocycles. The van der Waals surface area contributed by atoms with Crippen molar-refractivity contribution >= 4 is 17.4 Å². The second-order valence-electron chi connectivity index (χ2n) is 7.05. The van der Waals surface area contributed by atoms with Crippen LogP contribution in [-0.4, -0.2) is 33.0 Å². The largest absolute Gasteiger partial charge is 0.496 e. The van der Waals surface area contributed by atoms with Crippen molar-refractivity contribution in [2.45, 2.75) is 13.8 Å². The summed E-state index contributed by atoms with van der Waals surface area (Å²) in [5, 5.41) is 2.88. The zero-order valence-corrected chi connectivity index (χ0v) is 18.2. The molecule has 0 atom stereocenters. The summed E-state index contributed by atoms with van der Waals surface area (Å²) >= 11 is 0. The van der Waals surface area contributed by atoms with Crippen molar-refractivity contribution in [1.82, 2.24) is 0 Å². The quantitative estimate of drug-likeness (QED) is 0.556. The van der Waals surface area contributed by atoms with Gasteiger partial charge in [-0.3, -0.25) is 9.59 Å². The predicted octanol–water partition coefficient (Wildman–Crippen LogP) is 4.81. The van der Waals surface area contributed by atoms with Crippen molar-refractivity contribution in [3.63, 3.8) is 0 Å². The van der Waals surface area contributed by atoms with Gasteiger partial charge in [0.15, 0.2) is 5.78 Å². The van der Waals surface area contributed by atoms with Crippen LogP contribution in [0.2, 0.25) is 0 Å². The zero-order valence-electron chi connectivity index (χ0n) is 18.2. The average Bonchev–Trinajstić information content (AvgIpc) is 2.78. The number of nitrogens with one attached hydrogen (secondary N) is 1. The lowest BCUT2D eigenvalue weighted by molar-refractivity contribution is 0.101. The number of hydrogen-bond acceptors (Lipinski definition) is 5. The van der Waals surface area contributed by atoms with Gasteiger partial charge in [-0.2, -0.15) is 0 Å². The minimum absolute atomic E-state index is 0.218. The Bertz CT molecular complexity index is 1100. The van der Waals surface area contributed by atoms with E-state index >= 15 is 0 Å². The molecule has 0 bridgehead atoms. The number of ether oxygens (including phenoxy) is 3. The number of ketones is 1. The number of benzene rings is 3. The molecule has 0 fully saturated rings. The van der Waals surface area contributed by atoms with Gasteiger partial charge >= 0.3 is 0 Å². The number of amides is 1. The zero-order chi connectivity index (χ0) is 22.5. The van der Waals surface area contributed by atoms with E-state index in [4.69, 9.17) is 14.2 Å². The third-order valence-corrected chi connectivity index (χ3v) is 4.97. The normalized spacial score (nSPS) is 10.4. The van der Waals surface area contributed by atoms with Gasteiger partial charge in [-0.25, -0.2) is 0 Å².